The Labute approximate surface area is 211 Å². The second kappa shape index (κ2) is 12.0. The van der Waals surface area contributed by atoms with Crippen LogP contribution in [0.2, 0.25) is 0 Å². The van der Waals surface area contributed by atoms with E-state index in [-0.39, 0.29) is 5.91 Å². The number of thioether (sulfide) groups is 1. The molecule has 0 radical (unpaired) electrons. The molecule has 0 saturated carbocycles. The molecule has 1 aliphatic heterocycles. The fourth-order valence-electron chi connectivity index (χ4n) is 4.22. The van der Waals surface area contributed by atoms with Crippen molar-refractivity contribution in [2.24, 2.45) is 0 Å². The highest BCUT2D eigenvalue weighted by molar-refractivity contribution is 7.99. The van der Waals surface area contributed by atoms with Crippen LogP contribution in [-0.2, 0) is 17.9 Å². The van der Waals surface area contributed by atoms with Gasteiger partial charge in [-0.25, -0.2) is 0 Å². The van der Waals surface area contributed by atoms with E-state index >= 15 is 0 Å². The van der Waals surface area contributed by atoms with Gasteiger partial charge in [-0.2, -0.15) is 0 Å². The number of benzene rings is 2. The van der Waals surface area contributed by atoms with Crippen LogP contribution in [0.4, 0.5) is 0 Å². The molecule has 0 aliphatic carbocycles. The molecule has 3 aromatic rings. The Morgan fingerprint density at radius 2 is 1.89 bits per heavy atom. The van der Waals surface area contributed by atoms with E-state index in [4.69, 9.17) is 4.74 Å². The minimum absolute atomic E-state index is 0.132. The SMILES string of the molecule is C=CCn1c(COc2cccc(C)c2)nnc1SCC(=O)N1CCN([C@@H](C)c2ccccc2)CC1. The maximum atomic E-state index is 12.9. The zero-order valence-electron chi connectivity index (χ0n) is 20.5. The number of hydrogen-bond donors (Lipinski definition) is 0. The minimum Gasteiger partial charge on any atom is -0.486 e. The van der Waals surface area contributed by atoms with Gasteiger partial charge in [0.1, 0.15) is 12.4 Å². The lowest BCUT2D eigenvalue weighted by Crippen LogP contribution is -2.49. The molecule has 0 bridgehead atoms. The predicted octanol–water partition coefficient (Wildman–Crippen LogP) is 4.35. The number of aryl methyl sites for hydroxylation is 1. The highest BCUT2D eigenvalue weighted by Gasteiger charge is 2.25. The van der Waals surface area contributed by atoms with E-state index in [1.165, 1.54) is 17.3 Å². The maximum Gasteiger partial charge on any atom is 0.233 e. The molecule has 0 unspecified atom stereocenters. The van der Waals surface area contributed by atoms with Crippen LogP contribution in [0.3, 0.4) is 0 Å². The zero-order valence-corrected chi connectivity index (χ0v) is 21.3. The molecule has 0 N–H and O–H groups in total. The molecule has 1 amide bonds. The molecular formula is C27H33N5O2S. The van der Waals surface area contributed by atoms with E-state index in [1.807, 2.05) is 46.7 Å². The predicted molar refractivity (Wildman–Crippen MR) is 139 cm³/mol. The summed E-state index contributed by atoms with van der Waals surface area (Å²) in [4.78, 5) is 17.3. The molecule has 4 rings (SSSR count). The normalized spacial score (nSPS) is 15.1. The summed E-state index contributed by atoms with van der Waals surface area (Å²) in [6.07, 6.45) is 1.80. The van der Waals surface area contributed by atoms with Gasteiger partial charge in [0.05, 0.1) is 5.75 Å². The summed E-state index contributed by atoms with van der Waals surface area (Å²) in [7, 11) is 0. The number of nitrogens with zero attached hydrogens (tertiary/aromatic N) is 5. The first-order chi connectivity index (χ1) is 17.0. The summed E-state index contributed by atoms with van der Waals surface area (Å²) in [5, 5.41) is 9.33. The van der Waals surface area contributed by atoms with Crippen LogP contribution in [0.1, 0.15) is 29.9 Å². The number of hydrogen-bond acceptors (Lipinski definition) is 6. The highest BCUT2D eigenvalue weighted by atomic mass is 32.2. The quantitative estimate of drug-likeness (QED) is 0.310. The second-order valence-electron chi connectivity index (χ2n) is 8.70. The number of carbonyl (C=O) groups excluding carboxylic acids is 1. The first-order valence-electron chi connectivity index (χ1n) is 12.0. The molecule has 2 heterocycles. The number of amides is 1. The van der Waals surface area contributed by atoms with Crippen molar-refractivity contribution < 1.29 is 9.53 Å². The highest BCUT2D eigenvalue weighted by Crippen LogP contribution is 2.23. The van der Waals surface area contributed by atoms with Gasteiger partial charge >= 0.3 is 0 Å². The van der Waals surface area contributed by atoms with Crippen molar-refractivity contribution in [1.82, 2.24) is 24.6 Å². The average Bonchev–Trinajstić information content (AvgIpc) is 3.28. The number of rotatable bonds is 10. The Morgan fingerprint density at radius 3 is 2.60 bits per heavy atom. The van der Waals surface area contributed by atoms with Crippen molar-refractivity contribution in [3.8, 4) is 5.75 Å². The number of aromatic nitrogens is 3. The van der Waals surface area contributed by atoms with Gasteiger partial charge in [0, 0.05) is 38.8 Å². The van der Waals surface area contributed by atoms with E-state index in [9.17, 15) is 4.79 Å². The number of carbonyl (C=O) groups is 1. The van der Waals surface area contributed by atoms with E-state index in [1.54, 1.807) is 6.08 Å². The molecule has 1 aromatic heterocycles. The van der Waals surface area contributed by atoms with Gasteiger partial charge in [-0.15, -0.1) is 16.8 Å². The van der Waals surface area contributed by atoms with Gasteiger partial charge < -0.3 is 9.64 Å². The largest absolute Gasteiger partial charge is 0.486 e. The van der Waals surface area contributed by atoms with E-state index in [0.717, 1.165) is 37.5 Å². The van der Waals surface area contributed by atoms with Crippen LogP contribution >= 0.6 is 11.8 Å². The van der Waals surface area contributed by atoms with Gasteiger partial charge in [-0.1, -0.05) is 60.3 Å². The first kappa shape index (κ1) is 25.0. The smallest absolute Gasteiger partial charge is 0.233 e. The van der Waals surface area contributed by atoms with Crippen molar-refractivity contribution >= 4 is 17.7 Å². The molecule has 8 heteroatoms. The Hall–Kier alpha value is -3.10. The van der Waals surface area contributed by atoms with Crippen LogP contribution in [0.15, 0.2) is 72.4 Å². The first-order valence-corrected chi connectivity index (χ1v) is 13.0. The van der Waals surface area contributed by atoms with Crippen LogP contribution in [0, 0.1) is 6.92 Å². The van der Waals surface area contributed by atoms with Crippen LogP contribution in [0.5, 0.6) is 5.75 Å². The lowest BCUT2D eigenvalue weighted by atomic mass is 10.1. The Kier molecular flexibility index (Phi) is 8.60. The molecule has 35 heavy (non-hydrogen) atoms. The van der Waals surface area contributed by atoms with E-state index in [0.29, 0.717) is 35.9 Å². The Bertz CT molecular complexity index is 1130. The van der Waals surface area contributed by atoms with Crippen molar-refractivity contribution in [1.29, 1.82) is 0 Å². The molecule has 0 spiro atoms. The van der Waals surface area contributed by atoms with E-state index in [2.05, 4.69) is 52.9 Å². The standard InChI is InChI=1S/C27H33N5O2S/c1-4-13-32-25(19-34-24-12-8-9-21(2)18-24)28-29-27(32)35-20-26(33)31-16-14-30(15-17-31)22(3)23-10-6-5-7-11-23/h4-12,18,22H,1,13-17,19-20H2,2-3H3/t22-/m0/s1. The van der Waals surface area contributed by atoms with Gasteiger partial charge in [0.2, 0.25) is 5.91 Å². The lowest BCUT2D eigenvalue weighted by molar-refractivity contribution is -0.130. The summed E-state index contributed by atoms with van der Waals surface area (Å²) >= 11 is 1.42. The zero-order chi connectivity index (χ0) is 24.6. The third-order valence-corrected chi connectivity index (χ3v) is 7.24. The van der Waals surface area contributed by atoms with Crippen molar-refractivity contribution in [3.63, 3.8) is 0 Å². The average molecular weight is 492 g/mol. The van der Waals surface area contributed by atoms with Crippen LogP contribution in [0.25, 0.3) is 0 Å². The lowest BCUT2D eigenvalue weighted by Gasteiger charge is -2.38. The molecule has 7 nitrogen and oxygen atoms in total. The molecule has 1 saturated heterocycles. The van der Waals surface area contributed by atoms with Crippen LogP contribution < -0.4 is 4.74 Å². The second-order valence-corrected chi connectivity index (χ2v) is 9.64. The summed E-state index contributed by atoms with van der Waals surface area (Å²) in [5.74, 6) is 1.98. The third kappa shape index (κ3) is 6.52. The number of piperazine rings is 1. The molecular weight excluding hydrogens is 458 g/mol. The summed E-state index contributed by atoms with van der Waals surface area (Å²) in [6.45, 7) is 12.2. The summed E-state index contributed by atoms with van der Waals surface area (Å²) in [6, 6.07) is 18.8. The molecule has 1 atom stereocenters. The molecule has 1 fully saturated rings. The summed E-state index contributed by atoms with van der Waals surface area (Å²) in [5.41, 5.74) is 2.45. The maximum absolute atomic E-state index is 12.9. The fraction of sp³-hybridized carbons (Fsp3) is 0.370. The molecule has 1 aliphatic rings. The van der Waals surface area contributed by atoms with Crippen molar-refractivity contribution in [3.05, 3.63) is 84.2 Å². The molecule has 2 aromatic carbocycles. The topological polar surface area (TPSA) is 63.5 Å². The third-order valence-electron chi connectivity index (χ3n) is 6.28. The van der Waals surface area contributed by atoms with Crippen LogP contribution in [-0.4, -0.2) is 62.4 Å². The minimum atomic E-state index is 0.132. The van der Waals surface area contributed by atoms with Gasteiger partial charge in [-0.3, -0.25) is 14.3 Å². The Balaban J connectivity index is 1.29. The van der Waals surface area contributed by atoms with Crippen molar-refractivity contribution in [2.45, 2.75) is 38.2 Å². The number of allylic oxidation sites excluding steroid dienone is 1. The van der Waals surface area contributed by atoms with E-state index < -0.39 is 0 Å². The van der Waals surface area contributed by atoms with Gasteiger partial charge in [0.25, 0.3) is 0 Å². The fourth-order valence-corrected chi connectivity index (χ4v) is 5.09. The van der Waals surface area contributed by atoms with Gasteiger partial charge in [0.15, 0.2) is 11.0 Å². The monoisotopic (exact) mass is 491 g/mol. The number of ether oxygens (including phenoxy) is 1. The van der Waals surface area contributed by atoms with Gasteiger partial charge in [-0.05, 0) is 37.1 Å². The van der Waals surface area contributed by atoms with Crippen molar-refractivity contribution in [2.75, 3.05) is 31.9 Å². The molecule has 184 valence electrons. The summed E-state index contributed by atoms with van der Waals surface area (Å²) < 4.78 is 7.87. The Morgan fingerprint density at radius 1 is 1.11 bits per heavy atom.